The fourth-order valence-electron chi connectivity index (χ4n) is 3.99. The summed E-state index contributed by atoms with van der Waals surface area (Å²) in [6, 6.07) is 4.41. The van der Waals surface area contributed by atoms with Crippen LogP contribution in [0.25, 0.3) is 10.9 Å². The first-order valence-electron chi connectivity index (χ1n) is 11.1. The van der Waals surface area contributed by atoms with Gasteiger partial charge in [0.05, 0.1) is 34.1 Å². The lowest BCUT2D eigenvalue weighted by atomic mass is 10.2. The van der Waals surface area contributed by atoms with Gasteiger partial charge >= 0.3 is 6.09 Å². The number of aromatic nitrogens is 2. The Morgan fingerprint density at radius 1 is 1.34 bits per heavy atom. The number of carbonyl (C=O) groups is 1. The standard InChI is InChI=1S/C23H30ClN3O5/c1-13(25-22(29)32-23(2,3)4)20-26-15-9-7-8-14(24)19(15)21(28)27(20)16-12-17(16)31-18-10-5-6-11-30-18/h7-9,13,16-18H,5-6,10-12H2,1-4H3,(H,25,29)/t13-,16?,17?,18?/m0/s1. The number of amides is 1. The molecular formula is C23H30ClN3O5. The first-order valence-corrected chi connectivity index (χ1v) is 11.5. The molecule has 2 fully saturated rings. The summed E-state index contributed by atoms with van der Waals surface area (Å²) in [6.45, 7) is 7.85. The third kappa shape index (κ3) is 5.08. The van der Waals surface area contributed by atoms with Crippen molar-refractivity contribution in [1.82, 2.24) is 14.9 Å². The van der Waals surface area contributed by atoms with Gasteiger partial charge in [-0.05, 0) is 65.5 Å². The first-order chi connectivity index (χ1) is 15.1. The Balaban J connectivity index is 1.65. The monoisotopic (exact) mass is 463 g/mol. The summed E-state index contributed by atoms with van der Waals surface area (Å²) >= 11 is 6.35. The van der Waals surface area contributed by atoms with Crippen LogP contribution in [0.1, 0.15) is 71.3 Å². The number of carbonyl (C=O) groups excluding carboxylic acids is 1. The zero-order valence-electron chi connectivity index (χ0n) is 18.9. The normalized spacial score (nSPS) is 24.2. The van der Waals surface area contributed by atoms with Crippen LogP contribution >= 0.6 is 11.6 Å². The number of ether oxygens (including phenoxy) is 3. The molecule has 2 heterocycles. The van der Waals surface area contributed by atoms with Gasteiger partial charge in [0, 0.05) is 6.61 Å². The number of rotatable bonds is 5. The zero-order valence-corrected chi connectivity index (χ0v) is 19.6. The van der Waals surface area contributed by atoms with E-state index in [1.165, 1.54) is 0 Å². The number of fused-ring (bicyclic) bond motifs is 1. The highest BCUT2D eigenvalue weighted by atomic mass is 35.5. The highest BCUT2D eigenvalue weighted by molar-refractivity contribution is 6.35. The Bertz CT molecular complexity index is 1060. The van der Waals surface area contributed by atoms with Crippen LogP contribution in [-0.4, -0.2) is 40.2 Å². The fourth-order valence-corrected chi connectivity index (χ4v) is 4.24. The average Bonchev–Trinajstić information content (AvgIpc) is 3.45. The maximum Gasteiger partial charge on any atom is 0.408 e. The van der Waals surface area contributed by atoms with Crippen LogP contribution in [0.2, 0.25) is 5.02 Å². The van der Waals surface area contributed by atoms with Gasteiger partial charge in [0.15, 0.2) is 6.29 Å². The second-order valence-electron chi connectivity index (χ2n) is 9.42. The van der Waals surface area contributed by atoms with Crippen molar-refractivity contribution in [3.8, 4) is 0 Å². The van der Waals surface area contributed by atoms with E-state index in [0.29, 0.717) is 34.8 Å². The molecule has 1 aromatic carbocycles. The summed E-state index contributed by atoms with van der Waals surface area (Å²) in [6.07, 6.45) is 2.66. The molecule has 2 aromatic rings. The second kappa shape index (κ2) is 9.00. The minimum Gasteiger partial charge on any atom is -0.444 e. The Morgan fingerprint density at radius 3 is 2.81 bits per heavy atom. The van der Waals surface area contributed by atoms with Crippen LogP contribution in [0, 0.1) is 0 Å². The number of hydrogen-bond acceptors (Lipinski definition) is 6. The highest BCUT2D eigenvalue weighted by Crippen LogP contribution is 2.41. The van der Waals surface area contributed by atoms with E-state index in [-0.39, 0.29) is 24.0 Å². The van der Waals surface area contributed by atoms with Crippen molar-refractivity contribution in [2.45, 2.75) is 83.5 Å². The van der Waals surface area contributed by atoms with Crippen LogP contribution in [-0.2, 0) is 14.2 Å². The lowest BCUT2D eigenvalue weighted by Crippen LogP contribution is -2.37. The van der Waals surface area contributed by atoms with Crippen LogP contribution < -0.4 is 10.9 Å². The molecule has 4 atom stereocenters. The Kier molecular flexibility index (Phi) is 6.47. The molecule has 3 unspecified atom stereocenters. The van der Waals surface area contributed by atoms with E-state index in [4.69, 9.17) is 30.8 Å². The molecule has 1 aliphatic heterocycles. The van der Waals surface area contributed by atoms with Crippen molar-refractivity contribution in [2.24, 2.45) is 0 Å². The summed E-state index contributed by atoms with van der Waals surface area (Å²) in [4.78, 5) is 30.6. The molecule has 174 valence electrons. The number of halogens is 1. The summed E-state index contributed by atoms with van der Waals surface area (Å²) in [5, 5.41) is 3.51. The van der Waals surface area contributed by atoms with Gasteiger partial charge in [-0.3, -0.25) is 9.36 Å². The van der Waals surface area contributed by atoms with Crippen molar-refractivity contribution >= 4 is 28.6 Å². The maximum absolute atomic E-state index is 13.5. The molecule has 1 aliphatic carbocycles. The molecule has 1 N–H and O–H groups in total. The van der Waals surface area contributed by atoms with E-state index in [1.54, 1.807) is 50.5 Å². The van der Waals surface area contributed by atoms with Crippen LogP contribution in [0.15, 0.2) is 23.0 Å². The molecule has 8 nitrogen and oxygen atoms in total. The molecule has 2 aliphatic rings. The predicted molar refractivity (Wildman–Crippen MR) is 121 cm³/mol. The van der Waals surface area contributed by atoms with E-state index in [0.717, 1.165) is 19.3 Å². The van der Waals surface area contributed by atoms with Gasteiger partial charge in [-0.2, -0.15) is 0 Å². The average molecular weight is 464 g/mol. The summed E-state index contributed by atoms with van der Waals surface area (Å²) in [5.74, 6) is 0.441. The third-order valence-corrected chi connectivity index (χ3v) is 5.84. The first kappa shape index (κ1) is 23.0. The summed E-state index contributed by atoms with van der Waals surface area (Å²) < 4.78 is 18.8. The lowest BCUT2D eigenvalue weighted by molar-refractivity contribution is -0.170. The van der Waals surface area contributed by atoms with Crippen molar-refractivity contribution < 1.29 is 19.0 Å². The summed E-state index contributed by atoms with van der Waals surface area (Å²) in [7, 11) is 0. The van der Waals surface area contributed by atoms with E-state index in [2.05, 4.69) is 5.32 Å². The van der Waals surface area contributed by atoms with Gasteiger partial charge in [0.2, 0.25) is 0 Å². The molecule has 9 heteroatoms. The molecule has 1 aromatic heterocycles. The van der Waals surface area contributed by atoms with Crippen molar-refractivity contribution in [1.29, 1.82) is 0 Å². The smallest absolute Gasteiger partial charge is 0.408 e. The quantitative estimate of drug-likeness (QED) is 0.702. The maximum atomic E-state index is 13.5. The van der Waals surface area contributed by atoms with Gasteiger partial charge in [0.25, 0.3) is 5.56 Å². The number of alkyl carbamates (subject to hydrolysis) is 1. The van der Waals surface area contributed by atoms with E-state index < -0.39 is 17.7 Å². The van der Waals surface area contributed by atoms with Crippen LogP contribution in [0.3, 0.4) is 0 Å². The Hall–Kier alpha value is -2.16. The van der Waals surface area contributed by atoms with Gasteiger partial charge in [-0.1, -0.05) is 17.7 Å². The van der Waals surface area contributed by atoms with Crippen molar-refractivity contribution in [3.05, 3.63) is 39.4 Å². The SMILES string of the molecule is C[C@H](NC(=O)OC(C)(C)C)c1nc2cccc(Cl)c2c(=O)n1C1CC1OC1CCCCO1. The Morgan fingerprint density at radius 2 is 2.12 bits per heavy atom. The zero-order chi connectivity index (χ0) is 23.0. The Labute approximate surface area is 192 Å². The number of hydrogen-bond donors (Lipinski definition) is 1. The molecule has 4 rings (SSSR count). The predicted octanol–water partition coefficient (Wildman–Crippen LogP) is 4.49. The minimum atomic E-state index is -0.636. The van der Waals surface area contributed by atoms with Crippen molar-refractivity contribution in [2.75, 3.05) is 6.61 Å². The summed E-state index contributed by atoms with van der Waals surface area (Å²) in [5.41, 5.74) is -0.391. The molecule has 1 saturated carbocycles. The molecule has 0 radical (unpaired) electrons. The van der Waals surface area contributed by atoms with Gasteiger partial charge in [0.1, 0.15) is 11.4 Å². The van der Waals surface area contributed by atoms with E-state index >= 15 is 0 Å². The van der Waals surface area contributed by atoms with E-state index in [9.17, 15) is 9.59 Å². The fraction of sp³-hybridized carbons (Fsp3) is 0.609. The molecular weight excluding hydrogens is 434 g/mol. The van der Waals surface area contributed by atoms with Crippen LogP contribution in [0.5, 0.6) is 0 Å². The van der Waals surface area contributed by atoms with Gasteiger partial charge < -0.3 is 19.5 Å². The molecule has 32 heavy (non-hydrogen) atoms. The van der Waals surface area contributed by atoms with Gasteiger partial charge in [-0.25, -0.2) is 9.78 Å². The third-order valence-electron chi connectivity index (χ3n) is 5.52. The second-order valence-corrected chi connectivity index (χ2v) is 9.83. The topological polar surface area (TPSA) is 91.7 Å². The van der Waals surface area contributed by atoms with Crippen LogP contribution in [0.4, 0.5) is 4.79 Å². The lowest BCUT2D eigenvalue weighted by Gasteiger charge is -2.24. The minimum absolute atomic E-state index is 0.148. The number of benzene rings is 1. The molecule has 1 amide bonds. The molecule has 1 saturated heterocycles. The number of nitrogens with one attached hydrogen (secondary N) is 1. The largest absolute Gasteiger partial charge is 0.444 e. The van der Waals surface area contributed by atoms with Crippen molar-refractivity contribution in [3.63, 3.8) is 0 Å². The van der Waals surface area contributed by atoms with E-state index in [1.807, 2.05) is 0 Å². The molecule has 0 bridgehead atoms. The molecule has 0 spiro atoms. The number of nitrogens with zero attached hydrogens (tertiary/aromatic N) is 2. The van der Waals surface area contributed by atoms with Gasteiger partial charge in [-0.15, -0.1) is 0 Å². The highest BCUT2D eigenvalue weighted by Gasteiger charge is 2.44.